The summed E-state index contributed by atoms with van der Waals surface area (Å²) in [5, 5.41) is 0. The number of rotatable bonds is 0. The van der Waals surface area contributed by atoms with Gasteiger partial charge in [-0.15, -0.1) is 0 Å². The van der Waals surface area contributed by atoms with Gasteiger partial charge < -0.3 is 16.4 Å². The molecule has 0 aliphatic heterocycles. The topological polar surface area (TPSA) is 90.0 Å². The summed E-state index contributed by atoms with van der Waals surface area (Å²) in [5.41, 5.74) is 0. The van der Waals surface area contributed by atoms with Crippen LogP contribution in [0.4, 0.5) is 0 Å². The van der Waals surface area contributed by atoms with E-state index in [4.69, 9.17) is 0 Å². The van der Waals surface area contributed by atoms with Gasteiger partial charge in [0.05, 0.1) is 0 Å². The molecular formula is H3LiO3Pb. The molecule has 0 atom stereocenters. The van der Waals surface area contributed by atoms with Crippen LogP contribution in [0.3, 0.4) is 0 Å². The molecule has 0 aliphatic rings. The van der Waals surface area contributed by atoms with Crippen molar-refractivity contribution in [3.8, 4) is 0 Å². The minimum atomic E-state index is 0. The average Bonchev–Trinajstić information content (AvgIpc) is 0. The summed E-state index contributed by atoms with van der Waals surface area (Å²) < 4.78 is 0. The molecule has 5 heavy (non-hydrogen) atoms. The second-order valence-electron chi connectivity index (χ2n) is 0. The Kier molecular flexibility index (Phi) is 1020. The van der Waals surface area contributed by atoms with Gasteiger partial charge in [-0.05, 0) is 0 Å². The normalized spacial score (nSPS) is 0. The third-order valence-corrected chi connectivity index (χ3v) is 0. The predicted octanol–water partition coefficient (Wildman–Crippen LogP) is -3.91. The minimum Gasteiger partial charge on any atom is -0.870 e. The van der Waals surface area contributed by atoms with Gasteiger partial charge in [-0.3, -0.25) is 0 Å². The van der Waals surface area contributed by atoms with Crippen LogP contribution in [-0.2, 0) is 0 Å². The Hall–Kier alpha value is 1.40. The molecule has 0 fully saturated rings. The van der Waals surface area contributed by atoms with Crippen LogP contribution in [0.15, 0.2) is 0 Å². The number of hydrogen-bond donors (Lipinski definition) is 0. The summed E-state index contributed by atoms with van der Waals surface area (Å²) in [7, 11) is 0. The molecule has 5 heteroatoms. The van der Waals surface area contributed by atoms with Gasteiger partial charge in [-0.2, -0.15) is 0 Å². The maximum atomic E-state index is 0. The first-order chi connectivity index (χ1) is 0. The Morgan fingerprint density at radius 3 is 0.600 bits per heavy atom. The van der Waals surface area contributed by atoms with Crippen molar-refractivity contribution in [1.82, 2.24) is 0 Å². The minimum absolute atomic E-state index is 0. The third kappa shape index (κ3) is 31.9. The van der Waals surface area contributed by atoms with Gasteiger partial charge in [0.25, 0.3) is 0 Å². The fourth-order valence-electron chi connectivity index (χ4n) is 0. The molecule has 0 spiro atoms. The molecule has 26 valence electrons. The van der Waals surface area contributed by atoms with Gasteiger partial charge in [-0.1, -0.05) is 0 Å². The fraction of sp³-hybridized carbons (Fsp3) is 0. The summed E-state index contributed by atoms with van der Waals surface area (Å²) in [5.74, 6) is 0. The average molecular weight is 265 g/mol. The van der Waals surface area contributed by atoms with Crippen LogP contribution >= 0.6 is 0 Å². The number of hydrogen-bond acceptors (Lipinski definition) is 3. The standard InChI is InChI=1S/Li.3H2O.Pb/h;3*1H2;/q+1;;;;+2/p-3. The summed E-state index contributed by atoms with van der Waals surface area (Å²) in [6.45, 7) is 0. The summed E-state index contributed by atoms with van der Waals surface area (Å²) in [6.07, 6.45) is 0. The Morgan fingerprint density at radius 1 is 0.600 bits per heavy atom. The Bertz CT molecular complexity index is 6.85. The van der Waals surface area contributed by atoms with Gasteiger partial charge in [0.15, 0.2) is 0 Å². The van der Waals surface area contributed by atoms with E-state index < -0.39 is 0 Å². The molecule has 0 saturated carbocycles. The zero-order chi connectivity index (χ0) is 0. The van der Waals surface area contributed by atoms with Gasteiger partial charge in [-0.25, -0.2) is 0 Å². The molecular weight excluding hydrogens is 262 g/mol. The molecule has 0 heterocycles. The van der Waals surface area contributed by atoms with E-state index >= 15 is 0 Å². The molecule has 3 nitrogen and oxygen atoms in total. The maximum Gasteiger partial charge on any atom is 2.00 e. The second-order valence-corrected chi connectivity index (χ2v) is 0. The zero-order valence-corrected chi connectivity index (χ0v) is 6.73. The van der Waals surface area contributed by atoms with Crippen LogP contribution in [0.5, 0.6) is 0 Å². The monoisotopic (exact) mass is 266 g/mol. The van der Waals surface area contributed by atoms with Crippen LogP contribution in [0.2, 0.25) is 0 Å². The van der Waals surface area contributed by atoms with Gasteiger partial charge in [0.2, 0.25) is 0 Å². The molecule has 3 N–H and O–H groups in total. The third-order valence-electron chi connectivity index (χ3n) is 0. The molecule has 0 unspecified atom stereocenters. The Morgan fingerprint density at radius 2 is 0.600 bits per heavy atom. The van der Waals surface area contributed by atoms with E-state index in [1.807, 2.05) is 0 Å². The molecule has 0 aromatic rings. The van der Waals surface area contributed by atoms with Crippen molar-refractivity contribution in [1.29, 1.82) is 0 Å². The molecule has 0 aromatic heterocycles. The van der Waals surface area contributed by atoms with Crippen molar-refractivity contribution >= 4 is 27.3 Å². The summed E-state index contributed by atoms with van der Waals surface area (Å²) in [4.78, 5) is 0. The van der Waals surface area contributed by atoms with E-state index in [2.05, 4.69) is 0 Å². The quantitative estimate of drug-likeness (QED) is 0.419. The molecule has 0 saturated heterocycles. The van der Waals surface area contributed by atoms with Gasteiger partial charge in [0, 0.05) is 0 Å². The van der Waals surface area contributed by atoms with Gasteiger partial charge >= 0.3 is 46.2 Å². The van der Waals surface area contributed by atoms with Crippen LogP contribution in [0.25, 0.3) is 0 Å². The van der Waals surface area contributed by atoms with Crippen LogP contribution in [0.1, 0.15) is 0 Å². The Balaban J connectivity index is 0. The smallest absolute Gasteiger partial charge is 0.870 e. The summed E-state index contributed by atoms with van der Waals surface area (Å²) >= 11 is 0. The molecule has 0 amide bonds. The Labute approximate surface area is 62.4 Å². The van der Waals surface area contributed by atoms with Crippen molar-refractivity contribution in [2.45, 2.75) is 0 Å². The molecule has 0 aromatic carbocycles. The van der Waals surface area contributed by atoms with E-state index in [1.165, 1.54) is 0 Å². The van der Waals surface area contributed by atoms with Gasteiger partial charge in [0.1, 0.15) is 0 Å². The molecule has 2 radical (unpaired) electrons. The van der Waals surface area contributed by atoms with E-state index in [0.29, 0.717) is 0 Å². The zero-order valence-electron chi connectivity index (χ0n) is 2.84. The molecule has 0 rings (SSSR count). The first-order valence-corrected chi connectivity index (χ1v) is 0. The van der Waals surface area contributed by atoms with Crippen LogP contribution in [0, 0.1) is 0 Å². The maximum absolute atomic E-state index is 0. The van der Waals surface area contributed by atoms with E-state index in [0.717, 1.165) is 0 Å². The SMILES string of the molecule is [Li+].[OH-].[OH-].[OH-].[Pb+2]. The second kappa shape index (κ2) is 53.4. The fourth-order valence-corrected chi connectivity index (χ4v) is 0. The molecule has 0 bridgehead atoms. The largest absolute Gasteiger partial charge is 2.00 e. The van der Waals surface area contributed by atoms with Crippen molar-refractivity contribution in [3.05, 3.63) is 0 Å². The van der Waals surface area contributed by atoms with Crippen LogP contribution in [-0.4, -0.2) is 43.7 Å². The van der Waals surface area contributed by atoms with Crippen LogP contribution < -0.4 is 18.9 Å². The molecule has 0 aliphatic carbocycles. The first-order valence-electron chi connectivity index (χ1n) is 0. The predicted molar refractivity (Wildman–Crippen MR) is 11.6 cm³/mol. The summed E-state index contributed by atoms with van der Waals surface area (Å²) in [6, 6.07) is 0. The van der Waals surface area contributed by atoms with E-state index in [1.54, 1.807) is 0 Å². The van der Waals surface area contributed by atoms with E-state index in [9.17, 15) is 0 Å². The van der Waals surface area contributed by atoms with Crippen molar-refractivity contribution < 1.29 is 35.3 Å². The van der Waals surface area contributed by atoms with Crippen molar-refractivity contribution in [3.63, 3.8) is 0 Å². The van der Waals surface area contributed by atoms with Crippen molar-refractivity contribution in [2.75, 3.05) is 0 Å². The van der Waals surface area contributed by atoms with Crippen molar-refractivity contribution in [2.24, 2.45) is 0 Å². The first kappa shape index (κ1) is 95.3. The van der Waals surface area contributed by atoms with E-state index in [-0.39, 0.29) is 62.6 Å².